The van der Waals surface area contributed by atoms with Gasteiger partial charge in [-0.25, -0.2) is 4.63 Å². The smallest absolute Gasteiger partial charge is 0.108 e. The average molecular weight is 124 g/mol. The largest absolute Gasteiger partial charge is 0.244 e. The van der Waals surface area contributed by atoms with E-state index < -0.39 is 0 Å². The van der Waals surface area contributed by atoms with Gasteiger partial charge in [0.05, 0.1) is 0 Å². The molecule has 0 N–H and O–H groups in total. The Morgan fingerprint density at radius 2 is 1.56 bits per heavy atom. The van der Waals surface area contributed by atoms with Crippen LogP contribution >= 0.6 is 0 Å². The molecule has 0 aliphatic heterocycles. The number of aromatic nitrogens is 2. The minimum atomic E-state index is 1.05. The molecule has 0 aromatic carbocycles. The van der Waals surface area contributed by atoms with Gasteiger partial charge in [0.15, 0.2) is 0 Å². The van der Waals surface area contributed by atoms with Crippen LogP contribution in [0.1, 0.15) is 24.2 Å². The molecule has 0 radical (unpaired) electrons. The zero-order valence-corrected chi connectivity index (χ0v) is 5.13. The Morgan fingerprint density at radius 3 is 2.11 bits per heavy atom. The van der Waals surface area contributed by atoms with Crippen molar-refractivity contribution in [1.29, 1.82) is 0 Å². The fraction of sp³-hybridized carbons (Fsp3) is 0.667. The Hall–Kier alpha value is -0.860. The standard InChI is InChI=1S/C6H8N2O/c1-2-4-6-5(3-1)7-9-8-6/h1-4H2. The van der Waals surface area contributed by atoms with Crippen LogP contribution in [0.2, 0.25) is 0 Å². The third-order valence-electron chi connectivity index (χ3n) is 1.71. The number of nitrogens with zero attached hydrogens (tertiary/aromatic N) is 2. The van der Waals surface area contributed by atoms with Crippen LogP contribution < -0.4 is 0 Å². The summed E-state index contributed by atoms with van der Waals surface area (Å²) in [6.45, 7) is 0. The summed E-state index contributed by atoms with van der Waals surface area (Å²) in [5, 5.41) is 7.54. The maximum atomic E-state index is 4.57. The van der Waals surface area contributed by atoms with Crippen molar-refractivity contribution < 1.29 is 4.63 Å². The first-order valence-electron chi connectivity index (χ1n) is 3.27. The van der Waals surface area contributed by atoms with Gasteiger partial charge in [0.1, 0.15) is 11.4 Å². The number of fused-ring (bicyclic) bond motifs is 1. The molecule has 9 heavy (non-hydrogen) atoms. The normalized spacial score (nSPS) is 17.3. The first-order chi connectivity index (χ1) is 4.47. The molecule has 0 atom stereocenters. The van der Waals surface area contributed by atoms with Crippen molar-refractivity contribution in [1.82, 2.24) is 10.3 Å². The molecule has 0 unspecified atom stereocenters. The lowest BCUT2D eigenvalue weighted by molar-refractivity contribution is 0.301. The van der Waals surface area contributed by atoms with E-state index in [0.29, 0.717) is 0 Å². The first kappa shape index (κ1) is 4.97. The maximum absolute atomic E-state index is 4.57. The second-order valence-electron chi connectivity index (χ2n) is 2.36. The van der Waals surface area contributed by atoms with Crippen molar-refractivity contribution >= 4 is 0 Å². The summed E-state index contributed by atoms with van der Waals surface area (Å²) in [6.07, 6.45) is 4.58. The number of hydrogen-bond donors (Lipinski definition) is 0. The minimum Gasteiger partial charge on any atom is -0.244 e. The molecule has 3 heteroatoms. The van der Waals surface area contributed by atoms with Gasteiger partial charge in [0.25, 0.3) is 0 Å². The monoisotopic (exact) mass is 124 g/mol. The highest BCUT2D eigenvalue weighted by molar-refractivity contribution is 5.10. The third kappa shape index (κ3) is 0.724. The fourth-order valence-corrected chi connectivity index (χ4v) is 1.19. The molecule has 1 aromatic rings. The molecule has 1 heterocycles. The summed E-state index contributed by atoms with van der Waals surface area (Å²) in [4.78, 5) is 0. The Morgan fingerprint density at radius 1 is 1.00 bits per heavy atom. The summed E-state index contributed by atoms with van der Waals surface area (Å²) < 4.78 is 4.57. The Labute approximate surface area is 53.0 Å². The Kier molecular flexibility index (Phi) is 1.01. The van der Waals surface area contributed by atoms with Gasteiger partial charge in [-0.1, -0.05) is 10.3 Å². The highest BCUT2D eigenvalue weighted by Gasteiger charge is 2.13. The quantitative estimate of drug-likeness (QED) is 0.516. The van der Waals surface area contributed by atoms with Gasteiger partial charge in [-0.05, 0) is 25.7 Å². The summed E-state index contributed by atoms with van der Waals surface area (Å²) in [5.74, 6) is 0. The molecule has 3 nitrogen and oxygen atoms in total. The van der Waals surface area contributed by atoms with Crippen molar-refractivity contribution in [3.05, 3.63) is 11.4 Å². The molecule has 48 valence electrons. The van der Waals surface area contributed by atoms with E-state index >= 15 is 0 Å². The highest BCUT2D eigenvalue weighted by atomic mass is 16.6. The molecule has 2 rings (SSSR count). The SMILES string of the molecule is C1CCc2nonc2C1. The molecule has 1 aliphatic rings. The van der Waals surface area contributed by atoms with Gasteiger partial charge in [-0.2, -0.15) is 0 Å². The van der Waals surface area contributed by atoms with Crippen molar-refractivity contribution in [2.45, 2.75) is 25.7 Å². The molecule has 0 amide bonds. The number of rotatable bonds is 0. The van der Waals surface area contributed by atoms with Gasteiger partial charge >= 0.3 is 0 Å². The lowest BCUT2D eigenvalue weighted by atomic mass is 10.0. The fourth-order valence-electron chi connectivity index (χ4n) is 1.19. The zero-order valence-electron chi connectivity index (χ0n) is 5.13. The van der Waals surface area contributed by atoms with E-state index in [0.717, 1.165) is 24.2 Å². The van der Waals surface area contributed by atoms with E-state index in [1.807, 2.05) is 0 Å². The molecule has 0 spiro atoms. The van der Waals surface area contributed by atoms with Crippen LogP contribution in [0.15, 0.2) is 4.63 Å². The predicted molar refractivity (Wildman–Crippen MR) is 30.9 cm³/mol. The topological polar surface area (TPSA) is 38.9 Å². The third-order valence-corrected chi connectivity index (χ3v) is 1.71. The zero-order chi connectivity index (χ0) is 6.10. The first-order valence-corrected chi connectivity index (χ1v) is 3.27. The number of aryl methyl sites for hydroxylation is 2. The van der Waals surface area contributed by atoms with Gasteiger partial charge in [-0.15, -0.1) is 0 Å². The van der Waals surface area contributed by atoms with Crippen LogP contribution in [0, 0.1) is 0 Å². The van der Waals surface area contributed by atoms with Crippen LogP contribution in [-0.4, -0.2) is 10.3 Å². The lowest BCUT2D eigenvalue weighted by Gasteiger charge is -2.03. The van der Waals surface area contributed by atoms with Crippen LogP contribution in [0.5, 0.6) is 0 Å². The average Bonchev–Trinajstić information content (AvgIpc) is 2.33. The predicted octanol–water partition coefficient (Wildman–Crippen LogP) is 0.948. The van der Waals surface area contributed by atoms with E-state index in [4.69, 9.17) is 0 Å². The van der Waals surface area contributed by atoms with E-state index in [9.17, 15) is 0 Å². The van der Waals surface area contributed by atoms with Gasteiger partial charge in [0, 0.05) is 0 Å². The molecule has 0 saturated heterocycles. The molecule has 0 bridgehead atoms. The summed E-state index contributed by atoms with van der Waals surface area (Å²) in [6, 6.07) is 0. The second kappa shape index (κ2) is 1.83. The molecule has 0 saturated carbocycles. The van der Waals surface area contributed by atoms with E-state index in [1.165, 1.54) is 12.8 Å². The van der Waals surface area contributed by atoms with E-state index in [2.05, 4.69) is 14.9 Å². The van der Waals surface area contributed by atoms with Crippen molar-refractivity contribution in [2.24, 2.45) is 0 Å². The molecule has 0 fully saturated rings. The number of hydrogen-bond acceptors (Lipinski definition) is 3. The van der Waals surface area contributed by atoms with Gasteiger partial charge in [-0.3, -0.25) is 0 Å². The van der Waals surface area contributed by atoms with Gasteiger partial charge < -0.3 is 0 Å². The summed E-state index contributed by atoms with van der Waals surface area (Å²) >= 11 is 0. The molecular weight excluding hydrogens is 116 g/mol. The Balaban J connectivity index is 2.39. The van der Waals surface area contributed by atoms with Crippen molar-refractivity contribution in [2.75, 3.05) is 0 Å². The van der Waals surface area contributed by atoms with Crippen LogP contribution in [0.4, 0.5) is 0 Å². The second-order valence-corrected chi connectivity index (χ2v) is 2.36. The molecule has 1 aromatic heterocycles. The summed E-state index contributed by atoms with van der Waals surface area (Å²) in [7, 11) is 0. The molecule has 1 aliphatic carbocycles. The lowest BCUT2D eigenvalue weighted by Crippen LogP contribution is -2.00. The van der Waals surface area contributed by atoms with Crippen LogP contribution in [-0.2, 0) is 12.8 Å². The Bertz CT molecular complexity index is 186. The minimum absolute atomic E-state index is 1.05. The van der Waals surface area contributed by atoms with E-state index in [1.54, 1.807) is 0 Å². The van der Waals surface area contributed by atoms with Crippen molar-refractivity contribution in [3.8, 4) is 0 Å². The maximum Gasteiger partial charge on any atom is 0.108 e. The summed E-state index contributed by atoms with van der Waals surface area (Å²) in [5.41, 5.74) is 2.14. The van der Waals surface area contributed by atoms with Crippen molar-refractivity contribution in [3.63, 3.8) is 0 Å². The van der Waals surface area contributed by atoms with Crippen LogP contribution in [0.25, 0.3) is 0 Å². The van der Waals surface area contributed by atoms with Crippen LogP contribution in [0.3, 0.4) is 0 Å². The highest BCUT2D eigenvalue weighted by Crippen LogP contribution is 2.15. The molecular formula is C6H8N2O. The van der Waals surface area contributed by atoms with Gasteiger partial charge in [0.2, 0.25) is 0 Å². The van der Waals surface area contributed by atoms with E-state index in [-0.39, 0.29) is 0 Å².